The lowest BCUT2D eigenvalue weighted by molar-refractivity contribution is -0.384. The van der Waals surface area contributed by atoms with Gasteiger partial charge in [0, 0.05) is 70.6 Å². The summed E-state index contributed by atoms with van der Waals surface area (Å²) < 4.78 is 40.8. The molecule has 0 radical (unpaired) electrons. The van der Waals surface area contributed by atoms with Gasteiger partial charge >= 0.3 is 12.1 Å². The summed E-state index contributed by atoms with van der Waals surface area (Å²) in [4.78, 5) is 81.7. The van der Waals surface area contributed by atoms with Crippen molar-refractivity contribution in [2.75, 3.05) is 27.9 Å². The number of piperidine rings is 1. The van der Waals surface area contributed by atoms with E-state index >= 15 is 0 Å². The molecule has 0 unspecified atom stereocenters. The molecule has 19 heteroatoms. The van der Waals surface area contributed by atoms with Crippen LogP contribution in [0.1, 0.15) is 126 Å². The minimum absolute atomic E-state index is 0.00335. The van der Waals surface area contributed by atoms with Gasteiger partial charge in [-0.15, -0.1) is 0 Å². The first kappa shape index (κ1) is 62.7. The van der Waals surface area contributed by atoms with E-state index in [0.717, 1.165) is 5.57 Å². The quantitative estimate of drug-likeness (QED) is 0.0527. The molecule has 3 fully saturated rings. The van der Waals surface area contributed by atoms with Gasteiger partial charge in [0.25, 0.3) is 17.4 Å². The molecule has 1 aromatic carbocycles. The number of aliphatic hydroxyl groups excluding tert-OH is 2. The summed E-state index contributed by atoms with van der Waals surface area (Å²) in [6, 6.07) is 3.82. The summed E-state index contributed by atoms with van der Waals surface area (Å²) in [6.45, 7) is 12.7. The fraction of sp³-hybridized carbons (Fsp3) is 0.672. The van der Waals surface area contributed by atoms with E-state index < -0.39 is 113 Å². The number of allylic oxidation sites excluding steroid dienone is 5. The largest absolute Gasteiger partial charge is 0.514 e. The summed E-state index contributed by atoms with van der Waals surface area (Å²) in [7, 11) is 4.44. The number of amides is 1. The summed E-state index contributed by atoms with van der Waals surface area (Å²) in [5.41, 5.74) is 1.10. The highest BCUT2D eigenvalue weighted by Gasteiger charge is 2.53. The number of nitro benzene ring substituents is 1. The molecular formula is C58H84N2O17. The molecule has 0 spiro atoms. The van der Waals surface area contributed by atoms with Crippen molar-refractivity contribution in [1.29, 1.82) is 0 Å². The average molecular weight is 1080 g/mol. The standard InChI is InChI=1S/C58H84N2O17/c1-34-16-12-11-13-17-35(2)48(71-8)32-44-23-19-40(7)58(68,77-44)54(64)55(65)59-27-15-14-18-45(59)56(66)75-49(33-46(61)36(3)29-39(6)52(63)53(73-10)51(62)38(5)28-34)37(4)30-41-20-26-47(50(31-41)72-9)76-57(67)74-43-24-21-42(22-25-43)60(69)70/h11-13,16-17,21-22,24-25,29,34,36-38,40-41,44-50,52-53,61,63,68H,14-15,18-20,23,26-28,30-33H2,1-10H3/b13-11?,16-12+,35-17?,39-29+/t34-,36-,37-,38-,40-,41+,44+,45+,46-,47-,48+,49+,50-,52-,53+,58-/m1/s1. The molecule has 2 saturated heterocycles. The van der Waals surface area contributed by atoms with Gasteiger partial charge < -0.3 is 53.4 Å². The number of hydrogen-bond acceptors (Lipinski definition) is 17. The van der Waals surface area contributed by atoms with Crippen LogP contribution in [0.3, 0.4) is 0 Å². The lowest BCUT2D eigenvalue weighted by Crippen LogP contribution is -2.61. The van der Waals surface area contributed by atoms with E-state index in [1.54, 1.807) is 40.9 Å². The second-order valence-electron chi connectivity index (χ2n) is 22.0. The molecule has 2 bridgehead atoms. The minimum atomic E-state index is -2.47. The molecule has 1 saturated carbocycles. The van der Waals surface area contributed by atoms with E-state index in [1.165, 1.54) is 43.4 Å². The van der Waals surface area contributed by atoms with Crippen molar-refractivity contribution in [2.45, 2.75) is 186 Å². The van der Waals surface area contributed by atoms with Crippen molar-refractivity contribution in [3.05, 3.63) is 82.0 Å². The molecule has 3 heterocycles. The number of ether oxygens (including phenoxy) is 7. The van der Waals surface area contributed by atoms with Crippen LogP contribution >= 0.6 is 0 Å². The maximum atomic E-state index is 14.6. The van der Waals surface area contributed by atoms with Crippen LogP contribution < -0.4 is 4.74 Å². The highest BCUT2D eigenvalue weighted by Crippen LogP contribution is 2.38. The molecule has 1 aromatic rings. The Labute approximate surface area is 453 Å². The molecular weight excluding hydrogens is 997 g/mol. The van der Waals surface area contributed by atoms with Crippen LogP contribution in [0.25, 0.3) is 0 Å². The molecule has 16 atom stereocenters. The van der Waals surface area contributed by atoms with E-state index in [4.69, 9.17) is 33.2 Å². The fourth-order valence-corrected chi connectivity index (χ4v) is 11.3. The van der Waals surface area contributed by atoms with Gasteiger partial charge in [-0.1, -0.05) is 71.1 Å². The van der Waals surface area contributed by atoms with E-state index in [0.29, 0.717) is 69.8 Å². The molecule has 1 aliphatic carbocycles. The lowest BCUT2D eigenvalue weighted by atomic mass is 9.78. The number of ketones is 2. The molecule has 0 aromatic heterocycles. The second kappa shape index (κ2) is 29.2. The van der Waals surface area contributed by atoms with Gasteiger partial charge in [0.2, 0.25) is 5.79 Å². The molecule has 4 aliphatic rings. The van der Waals surface area contributed by atoms with Crippen LogP contribution in [0.15, 0.2) is 71.9 Å². The van der Waals surface area contributed by atoms with Crippen LogP contribution in [-0.4, -0.2) is 143 Å². The SMILES string of the molecule is CO[C@H]1C[C@@H]2CC[C@@H](C)[C@@](O)(O2)C(=O)C(=O)N2CCCC[C@H]2C(=O)O[C@H]([C@H](C)C[C@@H]2CC[C@@H](OC(=O)Oc3ccc([N+](=O)[O-])cc3)[C@H](OC)C2)C[C@@H](O)[C@H](C)/C=C(\C)[C@@H](O)[C@@H](OC)C(=O)[C@H](C)C[C@H](C)/C=C/C=CC=C1C. The average Bonchev–Trinajstić information content (AvgIpc) is 3.41. The van der Waals surface area contributed by atoms with Gasteiger partial charge in [0.1, 0.15) is 36.2 Å². The van der Waals surface area contributed by atoms with Crippen molar-refractivity contribution in [1.82, 2.24) is 4.90 Å². The van der Waals surface area contributed by atoms with Crippen LogP contribution in [0.5, 0.6) is 5.75 Å². The highest BCUT2D eigenvalue weighted by atomic mass is 16.7. The van der Waals surface area contributed by atoms with Gasteiger partial charge in [0.05, 0.1) is 29.3 Å². The Morgan fingerprint density at radius 3 is 2.23 bits per heavy atom. The second-order valence-corrected chi connectivity index (χ2v) is 22.0. The molecule has 3 aliphatic heterocycles. The number of Topliss-reactive ketones (excluding diaryl/α,β-unsaturated/α-hetero) is 2. The zero-order chi connectivity index (χ0) is 56.7. The van der Waals surface area contributed by atoms with Gasteiger partial charge in [-0.25, -0.2) is 9.59 Å². The lowest BCUT2D eigenvalue weighted by Gasteiger charge is -2.43. The van der Waals surface area contributed by atoms with Crippen LogP contribution in [0.2, 0.25) is 0 Å². The first-order valence-electron chi connectivity index (χ1n) is 27.3. The van der Waals surface area contributed by atoms with Crippen molar-refractivity contribution in [2.24, 2.45) is 35.5 Å². The molecule has 3 N–H and O–H groups in total. The maximum absolute atomic E-state index is 14.6. The molecule has 428 valence electrons. The Morgan fingerprint density at radius 1 is 0.857 bits per heavy atom. The molecule has 77 heavy (non-hydrogen) atoms. The Bertz CT molecular complexity index is 2300. The smallest absolute Gasteiger partial charge is 0.460 e. The van der Waals surface area contributed by atoms with Gasteiger partial charge in [-0.05, 0) is 119 Å². The molecule has 5 rings (SSSR count). The highest BCUT2D eigenvalue weighted by molar-refractivity contribution is 6.39. The fourth-order valence-electron chi connectivity index (χ4n) is 11.3. The Kier molecular flexibility index (Phi) is 23.8. The van der Waals surface area contributed by atoms with Gasteiger partial charge in [-0.3, -0.25) is 24.5 Å². The Morgan fingerprint density at radius 2 is 1.57 bits per heavy atom. The number of fused-ring (bicyclic) bond motifs is 3. The predicted octanol–water partition coefficient (Wildman–Crippen LogP) is 8.10. The van der Waals surface area contributed by atoms with Crippen molar-refractivity contribution in [3.63, 3.8) is 0 Å². The van der Waals surface area contributed by atoms with Crippen molar-refractivity contribution in [3.8, 4) is 5.75 Å². The van der Waals surface area contributed by atoms with Crippen LogP contribution in [0, 0.1) is 45.6 Å². The third-order valence-electron chi connectivity index (χ3n) is 16.1. The number of cyclic esters (lactones) is 1. The number of non-ortho nitro benzene ring substituents is 1. The van der Waals surface area contributed by atoms with E-state index in [9.17, 15) is 49.4 Å². The summed E-state index contributed by atoms with van der Waals surface area (Å²) in [5, 5.41) is 46.6. The number of hydrogen-bond donors (Lipinski definition) is 3. The maximum Gasteiger partial charge on any atom is 0.514 e. The first-order chi connectivity index (χ1) is 36.5. The number of benzene rings is 1. The number of carbonyl (C=O) groups is 5. The van der Waals surface area contributed by atoms with E-state index in [2.05, 4.69) is 0 Å². The molecule has 19 nitrogen and oxygen atoms in total. The van der Waals surface area contributed by atoms with Crippen LogP contribution in [-0.2, 0) is 47.6 Å². The third-order valence-corrected chi connectivity index (χ3v) is 16.1. The summed E-state index contributed by atoms with van der Waals surface area (Å²) in [5.74, 6) is -7.94. The minimum Gasteiger partial charge on any atom is -0.460 e. The van der Waals surface area contributed by atoms with E-state index in [-0.39, 0.29) is 48.4 Å². The Balaban J connectivity index is 1.42. The normalized spacial score (nSPS) is 35.6. The van der Waals surface area contributed by atoms with E-state index in [1.807, 2.05) is 51.2 Å². The van der Waals surface area contributed by atoms with Gasteiger partial charge in [-0.2, -0.15) is 0 Å². The van der Waals surface area contributed by atoms with Crippen molar-refractivity contribution < 1.29 is 77.4 Å². The zero-order valence-electron chi connectivity index (χ0n) is 46.6. The number of nitrogens with zero attached hydrogens (tertiary/aromatic N) is 2. The number of esters is 1. The number of nitro groups is 1. The first-order valence-corrected chi connectivity index (χ1v) is 27.3. The van der Waals surface area contributed by atoms with Crippen LogP contribution in [0.4, 0.5) is 10.5 Å². The monoisotopic (exact) mass is 1080 g/mol. The van der Waals surface area contributed by atoms with Gasteiger partial charge in [0.15, 0.2) is 5.78 Å². The summed E-state index contributed by atoms with van der Waals surface area (Å²) in [6.07, 6.45) is 8.02. The zero-order valence-corrected chi connectivity index (χ0v) is 46.6. The third kappa shape index (κ3) is 16.9. The topological polar surface area (TPSA) is 257 Å². The summed E-state index contributed by atoms with van der Waals surface area (Å²) >= 11 is 0. The van der Waals surface area contributed by atoms with Crippen molar-refractivity contribution >= 4 is 35.3 Å². The number of aliphatic hydroxyl groups is 3. The molecule has 1 amide bonds. The number of rotatable bonds is 9. The number of carbonyl (C=O) groups excluding carboxylic acids is 5. The number of methoxy groups -OCH3 is 3. The predicted molar refractivity (Wildman–Crippen MR) is 284 cm³/mol. The Hall–Kier alpha value is -5.15.